The van der Waals surface area contributed by atoms with E-state index in [-0.39, 0.29) is 30.1 Å². The summed E-state index contributed by atoms with van der Waals surface area (Å²) in [5, 5.41) is 15.4. The van der Waals surface area contributed by atoms with Gasteiger partial charge in [0.2, 0.25) is 0 Å². The molecular weight excluding hydrogens is 342 g/mol. The SMILES string of the molecule is CN(C(=O)c1ccccc1NC(=O)NC1CCC(O)CC1)C1CCCCC1. The Balaban J connectivity index is 1.62. The van der Waals surface area contributed by atoms with E-state index in [0.29, 0.717) is 24.1 Å². The van der Waals surface area contributed by atoms with Crippen molar-refractivity contribution in [1.29, 1.82) is 0 Å². The lowest BCUT2D eigenvalue weighted by atomic mass is 9.93. The summed E-state index contributed by atoms with van der Waals surface area (Å²) in [7, 11) is 1.86. The lowest BCUT2D eigenvalue weighted by Gasteiger charge is -2.31. The first-order valence-corrected chi connectivity index (χ1v) is 10.2. The van der Waals surface area contributed by atoms with Crippen molar-refractivity contribution in [2.24, 2.45) is 0 Å². The zero-order valence-electron chi connectivity index (χ0n) is 16.1. The average molecular weight is 373 g/mol. The molecule has 0 radical (unpaired) electrons. The fourth-order valence-electron chi connectivity index (χ4n) is 4.17. The number of carbonyl (C=O) groups is 2. The number of anilines is 1. The summed E-state index contributed by atoms with van der Waals surface area (Å²) in [5.74, 6) is -0.0430. The van der Waals surface area contributed by atoms with Crippen LogP contribution >= 0.6 is 0 Å². The van der Waals surface area contributed by atoms with Gasteiger partial charge >= 0.3 is 6.03 Å². The first kappa shape index (κ1) is 19.7. The topological polar surface area (TPSA) is 81.7 Å². The van der Waals surface area contributed by atoms with Crippen molar-refractivity contribution in [2.75, 3.05) is 12.4 Å². The summed E-state index contributed by atoms with van der Waals surface area (Å²) in [4.78, 5) is 27.2. The molecule has 2 aliphatic carbocycles. The Morgan fingerprint density at radius 3 is 2.37 bits per heavy atom. The van der Waals surface area contributed by atoms with Gasteiger partial charge in [-0.2, -0.15) is 0 Å². The third-order valence-electron chi connectivity index (χ3n) is 5.88. The minimum Gasteiger partial charge on any atom is -0.393 e. The molecule has 27 heavy (non-hydrogen) atoms. The third kappa shape index (κ3) is 5.22. The quantitative estimate of drug-likeness (QED) is 0.755. The molecule has 6 heteroatoms. The maximum atomic E-state index is 13.0. The van der Waals surface area contributed by atoms with Crippen LogP contribution in [0.15, 0.2) is 24.3 Å². The molecule has 0 spiro atoms. The van der Waals surface area contributed by atoms with Crippen LogP contribution in [0, 0.1) is 0 Å². The van der Waals surface area contributed by atoms with E-state index >= 15 is 0 Å². The highest BCUT2D eigenvalue weighted by molar-refractivity contribution is 6.03. The van der Waals surface area contributed by atoms with Gasteiger partial charge in [-0.25, -0.2) is 4.79 Å². The highest BCUT2D eigenvalue weighted by Crippen LogP contribution is 2.25. The second kappa shape index (κ2) is 9.22. The van der Waals surface area contributed by atoms with E-state index < -0.39 is 0 Å². The number of nitrogens with one attached hydrogen (secondary N) is 2. The van der Waals surface area contributed by atoms with Gasteiger partial charge in [0.25, 0.3) is 5.91 Å². The minimum atomic E-state index is -0.294. The molecule has 3 N–H and O–H groups in total. The van der Waals surface area contributed by atoms with E-state index in [0.717, 1.165) is 25.7 Å². The second-order valence-corrected chi connectivity index (χ2v) is 7.86. The summed E-state index contributed by atoms with van der Waals surface area (Å²) in [6.07, 6.45) is 8.41. The first-order chi connectivity index (χ1) is 13.0. The minimum absolute atomic E-state index is 0.0430. The standard InChI is InChI=1S/C21H31N3O3/c1-24(16-7-3-2-4-8-16)20(26)18-9-5-6-10-19(18)23-21(27)22-15-11-13-17(25)14-12-15/h5-6,9-10,15-17,25H,2-4,7-8,11-14H2,1H3,(H2,22,23,27). The predicted octanol–water partition coefficient (Wildman–Crippen LogP) is 3.52. The van der Waals surface area contributed by atoms with Crippen molar-refractivity contribution in [1.82, 2.24) is 10.2 Å². The molecule has 6 nitrogen and oxygen atoms in total. The van der Waals surface area contributed by atoms with Crippen LogP contribution in [0.25, 0.3) is 0 Å². The van der Waals surface area contributed by atoms with Crippen LogP contribution in [0.2, 0.25) is 0 Å². The molecule has 0 bridgehead atoms. The van der Waals surface area contributed by atoms with Gasteiger partial charge in [0.1, 0.15) is 0 Å². The third-order valence-corrected chi connectivity index (χ3v) is 5.88. The van der Waals surface area contributed by atoms with Crippen LogP contribution in [-0.2, 0) is 0 Å². The van der Waals surface area contributed by atoms with Gasteiger partial charge in [-0.05, 0) is 50.7 Å². The number of carbonyl (C=O) groups excluding carboxylic acids is 2. The van der Waals surface area contributed by atoms with E-state index in [1.807, 2.05) is 24.1 Å². The zero-order chi connectivity index (χ0) is 19.2. The Bertz CT molecular complexity index is 650. The van der Waals surface area contributed by atoms with Gasteiger partial charge in [0.05, 0.1) is 17.4 Å². The smallest absolute Gasteiger partial charge is 0.319 e. The molecule has 148 valence electrons. The second-order valence-electron chi connectivity index (χ2n) is 7.86. The van der Waals surface area contributed by atoms with Crippen LogP contribution in [0.5, 0.6) is 0 Å². The van der Waals surface area contributed by atoms with Crippen LogP contribution in [0.1, 0.15) is 68.1 Å². The number of urea groups is 1. The van der Waals surface area contributed by atoms with Crippen LogP contribution < -0.4 is 10.6 Å². The molecule has 1 aromatic rings. The number of hydrogen-bond donors (Lipinski definition) is 3. The van der Waals surface area contributed by atoms with Crippen molar-refractivity contribution < 1.29 is 14.7 Å². The van der Waals surface area contributed by atoms with Crippen molar-refractivity contribution >= 4 is 17.6 Å². The molecule has 0 atom stereocenters. The highest BCUT2D eigenvalue weighted by Gasteiger charge is 2.25. The Morgan fingerprint density at radius 2 is 1.67 bits per heavy atom. The number of hydrogen-bond acceptors (Lipinski definition) is 3. The molecule has 3 rings (SSSR count). The molecule has 0 aliphatic heterocycles. The van der Waals surface area contributed by atoms with Crippen molar-refractivity contribution in [3.8, 4) is 0 Å². The maximum Gasteiger partial charge on any atom is 0.319 e. The van der Waals surface area contributed by atoms with Crippen molar-refractivity contribution in [2.45, 2.75) is 76.0 Å². The lowest BCUT2D eigenvalue weighted by molar-refractivity contribution is 0.0697. The number of rotatable bonds is 4. The van der Waals surface area contributed by atoms with Gasteiger partial charge in [-0.15, -0.1) is 0 Å². The molecule has 0 saturated heterocycles. The van der Waals surface area contributed by atoms with E-state index in [1.54, 1.807) is 12.1 Å². The number of nitrogens with zero attached hydrogens (tertiary/aromatic N) is 1. The van der Waals surface area contributed by atoms with Crippen LogP contribution in [0.3, 0.4) is 0 Å². The molecule has 0 aromatic heterocycles. The average Bonchev–Trinajstić information content (AvgIpc) is 2.70. The molecule has 0 heterocycles. The van der Waals surface area contributed by atoms with E-state index in [1.165, 1.54) is 19.3 Å². The summed E-state index contributed by atoms with van der Waals surface area (Å²) >= 11 is 0. The van der Waals surface area contributed by atoms with Gasteiger partial charge < -0.3 is 20.6 Å². The Labute approximate surface area is 161 Å². The maximum absolute atomic E-state index is 13.0. The molecule has 2 fully saturated rings. The summed E-state index contributed by atoms with van der Waals surface area (Å²) in [6.45, 7) is 0. The Hall–Kier alpha value is -2.08. The Morgan fingerprint density at radius 1 is 1.00 bits per heavy atom. The number of benzene rings is 1. The lowest BCUT2D eigenvalue weighted by Crippen LogP contribution is -2.41. The van der Waals surface area contributed by atoms with Gasteiger partial charge in [-0.3, -0.25) is 4.79 Å². The fraction of sp³-hybridized carbons (Fsp3) is 0.619. The molecular formula is C21H31N3O3. The Kier molecular flexibility index (Phi) is 6.72. The van der Waals surface area contributed by atoms with Gasteiger partial charge in [-0.1, -0.05) is 31.4 Å². The predicted molar refractivity (Wildman–Crippen MR) is 106 cm³/mol. The molecule has 0 unspecified atom stereocenters. The van der Waals surface area contributed by atoms with E-state index in [9.17, 15) is 14.7 Å². The summed E-state index contributed by atoms with van der Waals surface area (Å²) < 4.78 is 0. The van der Waals surface area contributed by atoms with Gasteiger partial charge in [0.15, 0.2) is 0 Å². The highest BCUT2D eigenvalue weighted by atomic mass is 16.3. The number of aliphatic hydroxyl groups is 1. The zero-order valence-corrected chi connectivity index (χ0v) is 16.1. The fourth-order valence-corrected chi connectivity index (χ4v) is 4.17. The van der Waals surface area contributed by atoms with Gasteiger partial charge in [0, 0.05) is 19.1 Å². The number of para-hydroxylation sites is 1. The molecule has 2 aliphatic rings. The van der Waals surface area contributed by atoms with Crippen molar-refractivity contribution in [3.63, 3.8) is 0 Å². The normalized spacial score (nSPS) is 23.5. The van der Waals surface area contributed by atoms with Crippen LogP contribution in [0.4, 0.5) is 10.5 Å². The molecule has 2 saturated carbocycles. The first-order valence-electron chi connectivity index (χ1n) is 10.2. The van der Waals surface area contributed by atoms with E-state index in [4.69, 9.17) is 0 Å². The molecule has 3 amide bonds. The van der Waals surface area contributed by atoms with Crippen LogP contribution in [-0.4, -0.2) is 47.2 Å². The largest absolute Gasteiger partial charge is 0.393 e. The number of aliphatic hydroxyl groups excluding tert-OH is 1. The van der Waals surface area contributed by atoms with E-state index in [2.05, 4.69) is 10.6 Å². The van der Waals surface area contributed by atoms with Crippen molar-refractivity contribution in [3.05, 3.63) is 29.8 Å². The summed E-state index contributed by atoms with van der Waals surface area (Å²) in [6, 6.07) is 7.25. The monoisotopic (exact) mass is 373 g/mol. The number of amides is 3. The molecule has 1 aromatic carbocycles. The summed E-state index contributed by atoms with van der Waals surface area (Å²) in [5.41, 5.74) is 1.07.